The zero-order valence-electron chi connectivity index (χ0n) is 9.37. The van der Waals surface area contributed by atoms with Crippen molar-refractivity contribution in [2.45, 2.75) is 18.7 Å². The van der Waals surface area contributed by atoms with Crippen LogP contribution in [-0.4, -0.2) is 17.2 Å². The van der Waals surface area contributed by atoms with Crippen LogP contribution in [0.1, 0.15) is 18.1 Å². The average molecular weight is 259 g/mol. The molecule has 1 amide bonds. The van der Waals surface area contributed by atoms with Crippen molar-refractivity contribution >= 4 is 11.6 Å². The minimum absolute atomic E-state index is 0.0918. The Balaban J connectivity index is 2.81. The molecule has 2 N–H and O–H groups in total. The number of benzene rings is 1. The van der Waals surface area contributed by atoms with Crippen molar-refractivity contribution in [1.82, 2.24) is 0 Å². The summed E-state index contributed by atoms with van der Waals surface area (Å²) >= 11 is 0. The van der Waals surface area contributed by atoms with E-state index in [0.717, 1.165) is 6.08 Å². The SMILES string of the molecule is C=CC(=O)Nc1cccc(C(O)CC(F)(F)F)c1. The second kappa shape index (κ2) is 5.68. The molecule has 0 saturated heterocycles. The molecule has 1 unspecified atom stereocenters. The van der Waals surface area contributed by atoms with Gasteiger partial charge in [0.05, 0.1) is 12.5 Å². The smallest absolute Gasteiger partial charge is 0.388 e. The molecule has 0 aliphatic heterocycles. The zero-order valence-corrected chi connectivity index (χ0v) is 9.37. The van der Waals surface area contributed by atoms with Crippen molar-refractivity contribution in [2.24, 2.45) is 0 Å². The lowest BCUT2D eigenvalue weighted by Gasteiger charge is -2.14. The van der Waals surface area contributed by atoms with Crippen LogP contribution in [-0.2, 0) is 4.79 Å². The molecule has 1 aromatic carbocycles. The summed E-state index contributed by atoms with van der Waals surface area (Å²) in [5.41, 5.74) is 0.396. The van der Waals surface area contributed by atoms with E-state index < -0.39 is 24.6 Å². The number of aliphatic hydroxyl groups excluding tert-OH is 1. The number of aliphatic hydroxyl groups is 1. The standard InChI is InChI=1S/C12H12F3NO2/c1-2-11(18)16-9-5-3-4-8(6-9)10(17)7-12(13,14)15/h2-6,10,17H,1,7H2,(H,16,18). The molecule has 0 radical (unpaired) electrons. The maximum absolute atomic E-state index is 12.1. The van der Waals surface area contributed by atoms with Crippen molar-refractivity contribution in [2.75, 3.05) is 5.32 Å². The minimum atomic E-state index is -4.44. The van der Waals surface area contributed by atoms with E-state index in [0.29, 0.717) is 5.69 Å². The summed E-state index contributed by atoms with van der Waals surface area (Å²) in [5, 5.41) is 11.8. The van der Waals surface area contributed by atoms with E-state index in [2.05, 4.69) is 11.9 Å². The highest BCUT2D eigenvalue weighted by molar-refractivity contribution is 5.98. The van der Waals surface area contributed by atoms with E-state index in [1.165, 1.54) is 24.3 Å². The van der Waals surface area contributed by atoms with Gasteiger partial charge in [-0.3, -0.25) is 4.79 Å². The second-order valence-electron chi connectivity index (χ2n) is 3.65. The van der Waals surface area contributed by atoms with Gasteiger partial charge in [-0.05, 0) is 23.8 Å². The van der Waals surface area contributed by atoms with Gasteiger partial charge in [-0.15, -0.1) is 0 Å². The lowest BCUT2D eigenvalue weighted by molar-refractivity contribution is -0.154. The maximum Gasteiger partial charge on any atom is 0.391 e. The molecule has 1 rings (SSSR count). The molecule has 3 nitrogen and oxygen atoms in total. The summed E-state index contributed by atoms with van der Waals surface area (Å²) in [4.78, 5) is 11.0. The van der Waals surface area contributed by atoms with Gasteiger partial charge in [0, 0.05) is 5.69 Å². The molecule has 0 heterocycles. The third-order valence-corrected chi connectivity index (χ3v) is 2.15. The third-order valence-electron chi connectivity index (χ3n) is 2.15. The average Bonchev–Trinajstić information content (AvgIpc) is 2.27. The van der Waals surface area contributed by atoms with Crippen molar-refractivity contribution in [1.29, 1.82) is 0 Å². The van der Waals surface area contributed by atoms with Gasteiger partial charge in [0.1, 0.15) is 0 Å². The summed E-state index contributed by atoms with van der Waals surface area (Å²) in [6.45, 7) is 3.25. The first-order chi connectivity index (χ1) is 8.31. The van der Waals surface area contributed by atoms with Gasteiger partial charge >= 0.3 is 6.18 Å². The number of nitrogens with one attached hydrogen (secondary N) is 1. The summed E-state index contributed by atoms with van der Waals surface area (Å²) in [7, 11) is 0. The van der Waals surface area contributed by atoms with Crippen molar-refractivity contribution in [3.63, 3.8) is 0 Å². The molecule has 0 fully saturated rings. The maximum atomic E-state index is 12.1. The number of hydrogen-bond donors (Lipinski definition) is 2. The van der Waals surface area contributed by atoms with Crippen molar-refractivity contribution in [3.05, 3.63) is 42.5 Å². The molecule has 0 bridgehead atoms. The number of rotatable bonds is 4. The lowest BCUT2D eigenvalue weighted by Crippen LogP contribution is -2.14. The van der Waals surface area contributed by atoms with Gasteiger partial charge in [-0.1, -0.05) is 18.7 Å². The monoisotopic (exact) mass is 259 g/mol. The highest BCUT2D eigenvalue weighted by Crippen LogP contribution is 2.30. The normalized spacial score (nSPS) is 12.9. The number of hydrogen-bond acceptors (Lipinski definition) is 2. The molecule has 1 aromatic rings. The predicted molar refractivity (Wildman–Crippen MR) is 60.9 cm³/mol. The quantitative estimate of drug-likeness (QED) is 0.817. The van der Waals surface area contributed by atoms with Crippen LogP contribution in [0.5, 0.6) is 0 Å². The van der Waals surface area contributed by atoms with E-state index in [4.69, 9.17) is 0 Å². The van der Waals surface area contributed by atoms with Gasteiger partial charge in [-0.25, -0.2) is 0 Å². The first kappa shape index (κ1) is 14.2. The summed E-state index contributed by atoms with van der Waals surface area (Å²) < 4.78 is 36.3. The minimum Gasteiger partial charge on any atom is -0.388 e. The Labute approximate surface area is 102 Å². The van der Waals surface area contributed by atoms with Crippen molar-refractivity contribution < 1.29 is 23.1 Å². The predicted octanol–water partition coefficient (Wildman–Crippen LogP) is 2.80. The fraction of sp³-hybridized carbons (Fsp3) is 0.250. The molecular formula is C12H12F3NO2. The number of carbonyl (C=O) groups excluding carboxylic acids is 1. The van der Waals surface area contributed by atoms with Crippen LogP contribution in [0.25, 0.3) is 0 Å². The fourth-order valence-electron chi connectivity index (χ4n) is 1.35. The highest BCUT2D eigenvalue weighted by Gasteiger charge is 2.31. The third kappa shape index (κ3) is 4.58. The summed E-state index contributed by atoms with van der Waals surface area (Å²) in [6, 6.07) is 5.61. The Morgan fingerprint density at radius 2 is 2.17 bits per heavy atom. The van der Waals surface area contributed by atoms with Gasteiger partial charge in [0.2, 0.25) is 5.91 Å². The molecule has 1 atom stereocenters. The van der Waals surface area contributed by atoms with E-state index in [-0.39, 0.29) is 5.56 Å². The van der Waals surface area contributed by atoms with E-state index in [1.807, 2.05) is 0 Å². The first-order valence-corrected chi connectivity index (χ1v) is 5.10. The second-order valence-corrected chi connectivity index (χ2v) is 3.65. The number of amides is 1. The van der Waals surface area contributed by atoms with Gasteiger partial charge in [0.25, 0.3) is 0 Å². The van der Waals surface area contributed by atoms with Crippen LogP contribution >= 0.6 is 0 Å². The molecule has 6 heteroatoms. The number of carbonyl (C=O) groups is 1. The van der Waals surface area contributed by atoms with E-state index in [9.17, 15) is 23.1 Å². The molecule has 98 valence electrons. The molecule has 0 spiro atoms. The molecule has 0 saturated carbocycles. The lowest BCUT2D eigenvalue weighted by atomic mass is 10.1. The van der Waals surface area contributed by atoms with Crippen LogP contribution in [0.2, 0.25) is 0 Å². The summed E-state index contributed by atoms with van der Waals surface area (Å²) in [5.74, 6) is -0.475. The Kier molecular flexibility index (Phi) is 4.49. The van der Waals surface area contributed by atoms with Gasteiger partial charge in [0.15, 0.2) is 0 Å². The van der Waals surface area contributed by atoms with Gasteiger partial charge < -0.3 is 10.4 Å². The zero-order chi connectivity index (χ0) is 13.8. The molecule has 0 aliphatic rings. The largest absolute Gasteiger partial charge is 0.391 e. The molecular weight excluding hydrogens is 247 g/mol. The Hall–Kier alpha value is -1.82. The number of alkyl halides is 3. The number of anilines is 1. The molecule has 0 aliphatic carbocycles. The Bertz CT molecular complexity index is 443. The highest BCUT2D eigenvalue weighted by atomic mass is 19.4. The first-order valence-electron chi connectivity index (χ1n) is 5.10. The van der Waals surface area contributed by atoms with E-state index >= 15 is 0 Å². The number of halogens is 3. The van der Waals surface area contributed by atoms with Crippen LogP contribution in [0, 0.1) is 0 Å². The molecule has 18 heavy (non-hydrogen) atoms. The van der Waals surface area contributed by atoms with Crippen LogP contribution in [0.4, 0.5) is 18.9 Å². The van der Waals surface area contributed by atoms with Crippen LogP contribution in [0.15, 0.2) is 36.9 Å². The fourth-order valence-corrected chi connectivity index (χ4v) is 1.35. The topological polar surface area (TPSA) is 49.3 Å². The van der Waals surface area contributed by atoms with Gasteiger partial charge in [-0.2, -0.15) is 13.2 Å². The Morgan fingerprint density at radius 3 is 2.72 bits per heavy atom. The van der Waals surface area contributed by atoms with Crippen LogP contribution in [0.3, 0.4) is 0 Å². The molecule has 0 aromatic heterocycles. The Morgan fingerprint density at radius 1 is 1.50 bits per heavy atom. The summed E-state index contributed by atoms with van der Waals surface area (Å²) in [6.07, 6.45) is -6.38. The van der Waals surface area contributed by atoms with Crippen LogP contribution < -0.4 is 5.32 Å². The van der Waals surface area contributed by atoms with E-state index in [1.54, 1.807) is 0 Å². The van der Waals surface area contributed by atoms with Crippen molar-refractivity contribution in [3.8, 4) is 0 Å².